The summed E-state index contributed by atoms with van der Waals surface area (Å²) in [4.78, 5) is 6.35. The summed E-state index contributed by atoms with van der Waals surface area (Å²) in [7, 11) is -0.234. The highest BCUT2D eigenvalue weighted by Crippen LogP contribution is 2.39. The molecule has 0 amide bonds. The van der Waals surface area contributed by atoms with E-state index in [1.165, 1.54) is 25.8 Å². The molecule has 0 N–H and O–H groups in total. The predicted octanol–water partition coefficient (Wildman–Crippen LogP) is 10.8. The molecule has 0 unspecified atom stereocenters. The molecule has 2 heteroatoms. The molecule has 0 atom stereocenters. The van der Waals surface area contributed by atoms with E-state index in [1.807, 2.05) is 0 Å². The minimum Gasteiger partial charge on any atom is -0.311 e. The molecule has 0 aliphatic rings. The van der Waals surface area contributed by atoms with Crippen molar-refractivity contribution >= 4 is 28.0 Å². The van der Waals surface area contributed by atoms with Gasteiger partial charge in [-0.3, -0.25) is 0 Å². The first-order valence-corrected chi connectivity index (χ1v) is 15.3. The Hall–Kier alpha value is -3.75. The Kier molecular flexibility index (Phi) is 7.92. The minimum absolute atomic E-state index is 0.0913. The number of hydrogen-bond acceptors (Lipinski definition) is 1. The Balaban J connectivity index is 1.63. The molecule has 202 valence electrons. The van der Waals surface area contributed by atoms with Gasteiger partial charge in [0.25, 0.3) is 0 Å². The smallest absolute Gasteiger partial charge is 0.166 e. The quantitative estimate of drug-likeness (QED) is 0.193. The summed E-state index contributed by atoms with van der Waals surface area (Å²) >= 11 is 0. The Bertz CT molecular complexity index is 1440. The van der Waals surface area contributed by atoms with Gasteiger partial charge in [-0.2, -0.15) is 0 Å². The van der Waals surface area contributed by atoms with Crippen LogP contribution in [-0.2, 0) is 21.7 Å². The number of nitrogens with zero attached hydrogens (tertiary/aromatic N) is 1. The van der Waals surface area contributed by atoms with Gasteiger partial charge in [0.05, 0.1) is 10.9 Å². The van der Waals surface area contributed by atoms with Gasteiger partial charge in [-0.05, 0) is 94.8 Å². The third kappa shape index (κ3) is 6.18. The van der Waals surface area contributed by atoms with Crippen molar-refractivity contribution in [2.75, 3.05) is 4.90 Å². The van der Waals surface area contributed by atoms with Crippen LogP contribution in [0.25, 0.3) is 0 Å². The maximum absolute atomic E-state index is 2.42. The van der Waals surface area contributed by atoms with Gasteiger partial charge in [-0.25, -0.2) is 0 Å². The Morgan fingerprint density at radius 3 is 1.20 bits per heavy atom. The van der Waals surface area contributed by atoms with E-state index >= 15 is 0 Å². The van der Waals surface area contributed by atoms with Crippen molar-refractivity contribution in [1.82, 2.24) is 0 Å². The maximum Gasteiger partial charge on any atom is 0.166 e. The number of rotatable bonds is 6. The van der Waals surface area contributed by atoms with E-state index in [4.69, 9.17) is 0 Å². The molecule has 1 nitrogen and oxygen atoms in total. The summed E-state index contributed by atoms with van der Waals surface area (Å²) in [5.41, 5.74) is 6.36. The average Bonchev–Trinajstić information content (AvgIpc) is 2.95. The monoisotopic (exact) mass is 542 g/mol. The minimum atomic E-state index is -0.234. The molecule has 5 aromatic carbocycles. The normalized spacial score (nSPS) is 12.0. The van der Waals surface area contributed by atoms with Crippen molar-refractivity contribution in [1.29, 1.82) is 0 Å². The fourth-order valence-corrected chi connectivity index (χ4v) is 7.06. The largest absolute Gasteiger partial charge is 0.311 e. The summed E-state index contributed by atoms with van der Waals surface area (Å²) in [6, 6.07) is 48.8. The van der Waals surface area contributed by atoms with Crippen LogP contribution in [0.4, 0.5) is 17.1 Å². The number of hydrogen-bond donors (Lipinski definition) is 0. The summed E-state index contributed by atoms with van der Waals surface area (Å²) in [5, 5.41) is 0. The molecule has 0 saturated heterocycles. The lowest BCUT2D eigenvalue weighted by Crippen LogP contribution is -2.15. The van der Waals surface area contributed by atoms with Gasteiger partial charge < -0.3 is 4.90 Å². The fraction of sp³-hybridized carbons (Fsp3) is 0.211. The zero-order valence-electron chi connectivity index (χ0n) is 24.6. The molecular weight excluding hydrogens is 502 g/mol. The van der Waals surface area contributed by atoms with E-state index in [9.17, 15) is 0 Å². The lowest BCUT2D eigenvalue weighted by molar-refractivity contribution is 0.588. The standard InChI is InChI=1S/C38H40NS/c1-37(2,3)29-15-13-21-35(27-29)40(36-22-14-16-30(28-36)38(4,5)6)34-25-23-33(24-26-34)39(31-17-9-7-10-18-31)32-19-11-8-12-20-32/h7-28H,1-6H3/q+1. The number of benzene rings is 5. The summed E-state index contributed by atoms with van der Waals surface area (Å²) < 4.78 is 0. The predicted molar refractivity (Wildman–Crippen MR) is 174 cm³/mol. The van der Waals surface area contributed by atoms with E-state index in [0.29, 0.717) is 0 Å². The topological polar surface area (TPSA) is 3.24 Å². The summed E-state index contributed by atoms with van der Waals surface area (Å²) in [6.45, 7) is 13.8. The number of para-hydroxylation sites is 2. The lowest BCUT2D eigenvalue weighted by atomic mass is 9.87. The summed E-state index contributed by atoms with van der Waals surface area (Å²) in [6.07, 6.45) is 0. The van der Waals surface area contributed by atoms with Crippen molar-refractivity contribution < 1.29 is 0 Å². The van der Waals surface area contributed by atoms with Crippen molar-refractivity contribution in [3.05, 3.63) is 145 Å². The average molecular weight is 543 g/mol. The molecule has 0 heterocycles. The lowest BCUT2D eigenvalue weighted by Gasteiger charge is -2.25. The second kappa shape index (κ2) is 11.4. The first kappa shape index (κ1) is 27.8. The van der Waals surface area contributed by atoms with Gasteiger partial charge in [-0.15, -0.1) is 0 Å². The van der Waals surface area contributed by atoms with Crippen LogP contribution in [0.2, 0.25) is 0 Å². The highest BCUT2D eigenvalue weighted by Gasteiger charge is 2.31. The molecule has 0 spiro atoms. The van der Waals surface area contributed by atoms with Crippen LogP contribution in [0.3, 0.4) is 0 Å². The second-order valence-electron chi connectivity index (χ2n) is 12.4. The van der Waals surface area contributed by atoms with Crippen LogP contribution in [0.15, 0.2) is 148 Å². The molecule has 0 saturated carbocycles. The van der Waals surface area contributed by atoms with Crippen LogP contribution < -0.4 is 4.90 Å². The van der Waals surface area contributed by atoms with Crippen LogP contribution in [0.1, 0.15) is 52.7 Å². The molecule has 40 heavy (non-hydrogen) atoms. The first-order chi connectivity index (χ1) is 19.1. The maximum atomic E-state index is 2.42. The Morgan fingerprint density at radius 1 is 0.400 bits per heavy atom. The van der Waals surface area contributed by atoms with E-state index < -0.39 is 0 Å². The summed E-state index contributed by atoms with van der Waals surface area (Å²) in [5.74, 6) is 0. The van der Waals surface area contributed by atoms with Crippen molar-refractivity contribution in [2.24, 2.45) is 0 Å². The van der Waals surface area contributed by atoms with Gasteiger partial charge in [0, 0.05) is 17.1 Å². The molecule has 0 bridgehead atoms. The van der Waals surface area contributed by atoms with E-state index in [2.05, 4.69) is 180 Å². The SMILES string of the molecule is CC(C)(C)c1cccc([S+](c2ccc(N(c3ccccc3)c3ccccc3)cc2)c2cccc(C(C)(C)C)c2)c1. The van der Waals surface area contributed by atoms with Crippen molar-refractivity contribution in [3.8, 4) is 0 Å². The zero-order chi connectivity index (χ0) is 28.3. The van der Waals surface area contributed by atoms with Gasteiger partial charge in [0.15, 0.2) is 14.7 Å². The molecule has 0 fully saturated rings. The zero-order valence-corrected chi connectivity index (χ0v) is 25.4. The van der Waals surface area contributed by atoms with Crippen LogP contribution in [0, 0.1) is 0 Å². The molecule has 0 aliphatic heterocycles. The highest BCUT2D eigenvalue weighted by molar-refractivity contribution is 7.97. The Morgan fingerprint density at radius 2 is 0.800 bits per heavy atom. The fourth-order valence-electron chi connectivity index (χ4n) is 4.92. The molecule has 0 radical (unpaired) electrons. The van der Waals surface area contributed by atoms with Crippen molar-refractivity contribution in [3.63, 3.8) is 0 Å². The first-order valence-electron chi connectivity index (χ1n) is 14.1. The van der Waals surface area contributed by atoms with Gasteiger partial charge in [0.2, 0.25) is 0 Å². The molecule has 5 aromatic rings. The third-order valence-electron chi connectivity index (χ3n) is 7.23. The highest BCUT2D eigenvalue weighted by atomic mass is 32.2. The second-order valence-corrected chi connectivity index (χ2v) is 14.4. The van der Waals surface area contributed by atoms with E-state index in [0.717, 1.165) is 17.1 Å². The molecule has 5 rings (SSSR count). The molecular formula is C38H40NS+. The van der Waals surface area contributed by atoms with E-state index in [-0.39, 0.29) is 21.7 Å². The molecule has 0 aromatic heterocycles. The van der Waals surface area contributed by atoms with Gasteiger partial charge in [0.1, 0.15) is 0 Å². The van der Waals surface area contributed by atoms with Gasteiger partial charge in [-0.1, -0.05) is 102 Å². The van der Waals surface area contributed by atoms with Crippen LogP contribution >= 0.6 is 0 Å². The number of anilines is 3. The Labute approximate surface area is 243 Å². The van der Waals surface area contributed by atoms with Crippen molar-refractivity contribution in [2.45, 2.75) is 67.1 Å². The molecule has 0 aliphatic carbocycles. The third-order valence-corrected chi connectivity index (χ3v) is 9.43. The van der Waals surface area contributed by atoms with Gasteiger partial charge >= 0.3 is 0 Å². The van der Waals surface area contributed by atoms with Crippen LogP contribution in [-0.4, -0.2) is 0 Å². The van der Waals surface area contributed by atoms with E-state index in [1.54, 1.807) is 0 Å². The van der Waals surface area contributed by atoms with Crippen LogP contribution in [0.5, 0.6) is 0 Å².